The zero-order chi connectivity index (χ0) is 19.3. The largest absolute Gasteiger partial charge is 0.356 e. The average molecular weight is 383 g/mol. The molecule has 0 bridgehead atoms. The van der Waals surface area contributed by atoms with Crippen LogP contribution in [0.2, 0.25) is 0 Å². The summed E-state index contributed by atoms with van der Waals surface area (Å²) in [6.45, 7) is 0.646. The van der Waals surface area contributed by atoms with Crippen molar-refractivity contribution >= 4 is 29.3 Å². The van der Waals surface area contributed by atoms with Gasteiger partial charge in [-0.2, -0.15) is 11.8 Å². The molecule has 2 amide bonds. The number of hydrogen-bond acceptors (Lipinski definition) is 3. The van der Waals surface area contributed by atoms with Gasteiger partial charge in [0.1, 0.15) is 0 Å². The van der Waals surface area contributed by atoms with Crippen LogP contribution < -0.4 is 10.2 Å². The van der Waals surface area contributed by atoms with Crippen molar-refractivity contribution in [1.82, 2.24) is 5.32 Å². The Kier molecular flexibility index (Phi) is 6.22. The number of fused-ring (bicyclic) bond motifs is 1. The van der Waals surface area contributed by atoms with Crippen LogP contribution in [-0.2, 0) is 21.4 Å². The molecule has 2 aromatic rings. The van der Waals surface area contributed by atoms with E-state index in [0.29, 0.717) is 13.0 Å². The van der Waals surface area contributed by atoms with E-state index in [1.165, 1.54) is 0 Å². The molecule has 1 atom stereocenters. The molecule has 0 aliphatic carbocycles. The van der Waals surface area contributed by atoms with Gasteiger partial charge in [0.15, 0.2) is 0 Å². The van der Waals surface area contributed by atoms with Crippen molar-refractivity contribution in [2.24, 2.45) is 0 Å². The first-order chi connectivity index (χ1) is 13.1. The number of likely N-dealkylation sites (N-methyl/N-ethyl adjacent to an activating group) is 1. The summed E-state index contributed by atoms with van der Waals surface area (Å²) in [5.41, 5.74) is 2.05. The van der Waals surface area contributed by atoms with Gasteiger partial charge in [0.2, 0.25) is 11.8 Å². The standard InChI is InChI=1S/C22H26N2O2S/c1-24-19-12-7-6-11-18(19)22(21(24)26,15-17-9-4-3-5-10-17)16-20(25)23-13-8-14-27-2/h3-7,9-12H,8,13-16H2,1-2H3,(H,23,25)/t22-/m1/s1. The Morgan fingerprint density at radius 3 is 2.56 bits per heavy atom. The zero-order valence-electron chi connectivity index (χ0n) is 15.9. The summed E-state index contributed by atoms with van der Waals surface area (Å²) in [5.74, 6) is 0.942. The molecule has 0 aromatic heterocycles. The van der Waals surface area contributed by atoms with Crippen molar-refractivity contribution < 1.29 is 9.59 Å². The van der Waals surface area contributed by atoms with Crippen LogP contribution in [0.5, 0.6) is 0 Å². The molecule has 142 valence electrons. The van der Waals surface area contributed by atoms with Crippen LogP contribution in [0.15, 0.2) is 54.6 Å². The van der Waals surface area contributed by atoms with E-state index >= 15 is 0 Å². The van der Waals surface area contributed by atoms with E-state index in [4.69, 9.17) is 0 Å². The molecule has 0 radical (unpaired) electrons. The van der Waals surface area contributed by atoms with Crippen molar-refractivity contribution in [3.05, 3.63) is 65.7 Å². The van der Waals surface area contributed by atoms with Crippen LogP contribution in [0.3, 0.4) is 0 Å². The number of hydrogen-bond donors (Lipinski definition) is 1. The highest BCUT2D eigenvalue weighted by molar-refractivity contribution is 7.98. The van der Waals surface area contributed by atoms with Gasteiger partial charge in [-0.25, -0.2) is 0 Å². The normalized spacial score (nSPS) is 18.4. The van der Waals surface area contributed by atoms with Gasteiger partial charge in [-0.05, 0) is 42.0 Å². The van der Waals surface area contributed by atoms with Crippen LogP contribution in [-0.4, -0.2) is 37.4 Å². The molecule has 2 aromatic carbocycles. The van der Waals surface area contributed by atoms with E-state index in [9.17, 15) is 9.59 Å². The highest BCUT2D eigenvalue weighted by Gasteiger charge is 2.50. The predicted octanol–water partition coefficient (Wildman–Crippen LogP) is 3.40. The molecule has 1 aliphatic heterocycles. The minimum absolute atomic E-state index is 0.00758. The first-order valence-electron chi connectivity index (χ1n) is 9.26. The topological polar surface area (TPSA) is 49.4 Å². The molecule has 1 N–H and O–H groups in total. The fourth-order valence-corrected chi connectivity index (χ4v) is 4.28. The molecule has 3 rings (SSSR count). The fourth-order valence-electron chi connectivity index (χ4n) is 3.85. The Morgan fingerprint density at radius 1 is 1.11 bits per heavy atom. The summed E-state index contributed by atoms with van der Waals surface area (Å²) in [6.07, 6.45) is 3.68. The Hall–Kier alpha value is -2.27. The summed E-state index contributed by atoms with van der Waals surface area (Å²) in [6, 6.07) is 17.8. The lowest BCUT2D eigenvalue weighted by atomic mass is 9.73. The van der Waals surface area contributed by atoms with E-state index in [1.54, 1.807) is 23.7 Å². The summed E-state index contributed by atoms with van der Waals surface area (Å²) in [4.78, 5) is 27.8. The van der Waals surface area contributed by atoms with Crippen molar-refractivity contribution in [3.8, 4) is 0 Å². The molecular weight excluding hydrogens is 356 g/mol. The number of nitrogens with zero attached hydrogens (tertiary/aromatic N) is 1. The SMILES string of the molecule is CSCCCNC(=O)C[C@@]1(Cc2ccccc2)C(=O)N(C)c2ccccc21. The highest BCUT2D eigenvalue weighted by Crippen LogP contribution is 2.45. The molecule has 27 heavy (non-hydrogen) atoms. The molecule has 4 nitrogen and oxygen atoms in total. The minimum atomic E-state index is -0.851. The van der Waals surface area contributed by atoms with Crippen molar-refractivity contribution in [3.63, 3.8) is 0 Å². The smallest absolute Gasteiger partial charge is 0.238 e. The summed E-state index contributed by atoms with van der Waals surface area (Å²) in [5, 5.41) is 3.00. The van der Waals surface area contributed by atoms with Gasteiger partial charge < -0.3 is 10.2 Å². The van der Waals surface area contributed by atoms with E-state index in [0.717, 1.165) is 29.0 Å². The minimum Gasteiger partial charge on any atom is -0.356 e. The van der Waals surface area contributed by atoms with Gasteiger partial charge in [-0.15, -0.1) is 0 Å². The molecule has 1 aliphatic rings. The summed E-state index contributed by atoms with van der Waals surface area (Å²) in [7, 11) is 1.80. The van der Waals surface area contributed by atoms with E-state index < -0.39 is 5.41 Å². The molecule has 0 fully saturated rings. The number of rotatable bonds is 8. The maximum Gasteiger partial charge on any atom is 0.238 e. The quantitative estimate of drug-likeness (QED) is 0.712. The van der Waals surface area contributed by atoms with Crippen LogP contribution in [0.1, 0.15) is 24.0 Å². The Morgan fingerprint density at radius 2 is 1.81 bits per heavy atom. The van der Waals surface area contributed by atoms with Gasteiger partial charge >= 0.3 is 0 Å². The molecule has 0 saturated heterocycles. The van der Waals surface area contributed by atoms with Gasteiger partial charge in [-0.3, -0.25) is 9.59 Å². The Balaban J connectivity index is 1.91. The number of benzene rings is 2. The number of amides is 2. The number of para-hydroxylation sites is 1. The molecule has 1 heterocycles. The highest BCUT2D eigenvalue weighted by atomic mass is 32.2. The summed E-state index contributed by atoms with van der Waals surface area (Å²) >= 11 is 1.77. The van der Waals surface area contributed by atoms with E-state index in [-0.39, 0.29) is 18.2 Å². The predicted molar refractivity (Wildman–Crippen MR) is 112 cm³/mol. The third-order valence-corrected chi connectivity index (χ3v) is 5.85. The number of anilines is 1. The number of carbonyl (C=O) groups is 2. The van der Waals surface area contributed by atoms with Gasteiger partial charge in [-0.1, -0.05) is 48.5 Å². The fraction of sp³-hybridized carbons (Fsp3) is 0.364. The van der Waals surface area contributed by atoms with Gasteiger partial charge in [0.05, 0.1) is 5.41 Å². The van der Waals surface area contributed by atoms with Crippen molar-refractivity contribution in [2.75, 3.05) is 30.5 Å². The van der Waals surface area contributed by atoms with Gasteiger partial charge in [0, 0.05) is 25.7 Å². The second kappa shape index (κ2) is 8.61. The first-order valence-corrected chi connectivity index (χ1v) is 10.6. The van der Waals surface area contributed by atoms with Crippen molar-refractivity contribution in [2.45, 2.75) is 24.7 Å². The monoisotopic (exact) mass is 382 g/mol. The molecule has 5 heteroatoms. The maximum atomic E-state index is 13.3. The lowest BCUT2D eigenvalue weighted by Crippen LogP contribution is -2.44. The lowest BCUT2D eigenvalue weighted by Gasteiger charge is -2.28. The average Bonchev–Trinajstić information content (AvgIpc) is 2.89. The van der Waals surface area contributed by atoms with E-state index in [2.05, 4.69) is 11.6 Å². The van der Waals surface area contributed by atoms with Crippen LogP contribution in [0.25, 0.3) is 0 Å². The summed E-state index contributed by atoms with van der Waals surface area (Å²) < 4.78 is 0. The van der Waals surface area contributed by atoms with Crippen LogP contribution in [0, 0.1) is 0 Å². The van der Waals surface area contributed by atoms with E-state index in [1.807, 2.05) is 54.6 Å². The second-order valence-corrected chi connectivity index (χ2v) is 7.98. The zero-order valence-corrected chi connectivity index (χ0v) is 16.7. The van der Waals surface area contributed by atoms with Crippen molar-refractivity contribution in [1.29, 1.82) is 0 Å². The van der Waals surface area contributed by atoms with Crippen LogP contribution >= 0.6 is 11.8 Å². The number of nitrogens with one attached hydrogen (secondary N) is 1. The first kappa shape index (κ1) is 19.5. The van der Waals surface area contributed by atoms with Crippen LogP contribution in [0.4, 0.5) is 5.69 Å². The van der Waals surface area contributed by atoms with Gasteiger partial charge in [0.25, 0.3) is 0 Å². The number of thioether (sulfide) groups is 1. The number of carbonyl (C=O) groups excluding carboxylic acids is 2. The third-order valence-electron chi connectivity index (χ3n) is 5.15. The maximum absolute atomic E-state index is 13.3. The molecule has 0 saturated carbocycles. The molecule has 0 spiro atoms. The molecular formula is C22H26N2O2S. The molecule has 0 unspecified atom stereocenters. The Labute approximate surface area is 165 Å². The second-order valence-electron chi connectivity index (χ2n) is 7.00. The lowest BCUT2D eigenvalue weighted by molar-refractivity contribution is -0.129. The third kappa shape index (κ3) is 4.03. The Bertz CT molecular complexity index is 809.